The fourth-order valence-corrected chi connectivity index (χ4v) is 0.698. The van der Waals surface area contributed by atoms with Gasteiger partial charge in [0.1, 0.15) is 0 Å². The fraction of sp³-hybridized carbons (Fsp3) is 0.750. The van der Waals surface area contributed by atoms with Gasteiger partial charge in [0.15, 0.2) is 8.03 Å². The molecule has 0 spiro atoms. The van der Waals surface area contributed by atoms with Crippen molar-refractivity contribution in [1.29, 1.82) is 0 Å². The summed E-state index contributed by atoms with van der Waals surface area (Å²) in [6.07, 6.45) is -0.228. The largest absolute Gasteiger partial charge is 0.481 e. The number of hydrogen-bond donors (Lipinski definition) is 2. The molecular weight excluding hydrogens is 143 g/mol. The highest BCUT2D eigenvalue weighted by atomic mass is 31.1. The Bertz CT molecular complexity index is 133. The van der Waals surface area contributed by atoms with Gasteiger partial charge >= 0.3 is 5.97 Å². The third-order valence-corrected chi connectivity index (χ3v) is 1.95. The smallest absolute Gasteiger partial charge is 0.304 e. The van der Waals surface area contributed by atoms with Crippen molar-refractivity contribution in [3.05, 3.63) is 0 Å². The SMILES string of the molecule is CC(CC(=O)O)[PH](=O)O. The van der Waals surface area contributed by atoms with Gasteiger partial charge in [-0.15, -0.1) is 0 Å². The maximum Gasteiger partial charge on any atom is 0.304 e. The molecule has 0 aromatic rings. The molecule has 0 saturated heterocycles. The minimum absolute atomic E-state index is 0.228. The minimum Gasteiger partial charge on any atom is -0.481 e. The minimum atomic E-state index is -2.64. The van der Waals surface area contributed by atoms with Crippen molar-refractivity contribution in [2.45, 2.75) is 19.0 Å². The first-order valence-corrected chi connectivity index (χ1v) is 3.92. The third-order valence-electron chi connectivity index (χ3n) is 0.902. The van der Waals surface area contributed by atoms with Gasteiger partial charge in [-0.3, -0.25) is 9.36 Å². The molecule has 5 heteroatoms. The summed E-state index contributed by atoms with van der Waals surface area (Å²) >= 11 is 0. The molecule has 0 radical (unpaired) electrons. The van der Waals surface area contributed by atoms with E-state index in [1.807, 2.05) is 0 Å². The first-order chi connectivity index (χ1) is 4.04. The van der Waals surface area contributed by atoms with E-state index in [9.17, 15) is 9.36 Å². The summed E-state index contributed by atoms with van der Waals surface area (Å²) in [5, 5.41) is 8.10. The molecule has 0 aromatic carbocycles. The number of carbonyl (C=O) groups is 1. The van der Waals surface area contributed by atoms with Crippen LogP contribution in [0.15, 0.2) is 0 Å². The van der Waals surface area contributed by atoms with E-state index in [4.69, 9.17) is 10.00 Å². The molecule has 2 N–H and O–H groups in total. The van der Waals surface area contributed by atoms with Crippen LogP contribution in [-0.2, 0) is 9.36 Å². The summed E-state index contributed by atoms with van der Waals surface area (Å²) in [7, 11) is -2.64. The van der Waals surface area contributed by atoms with E-state index in [0.29, 0.717) is 0 Å². The second-order valence-electron chi connectivity index (χ2n) is 1.84. The van der Waals surface area contributed by atoms with Crippen LogP contribution in [0.4, 0.5) is 0 Å². The van der Waals surface area contributed by atoms with Crippen LogP contribution in [0.3, 0.4) is 0 Å². The molecule has 0 bridgehead atoms. The third kappa shape index (κ3) is 4.18. The maximum absolute atomic E-state index is 10.2. The van der Waals surface area contributed by atoms with E-state index >= 15 is 0 Å². The average Bonchev–Trinajstić information content (AvgIpc) is 1.63. The summed E-state index contributed by atoms with van der Waals surface area (Å²) in [4.78, 5) is 18.2. The predicted octanol–water partition coefficient (Wildman–Crippen LogP) is 0.317. The molecule has 0 rings (SSSR count). The van der Waals surface area contributed by atoms with Crippen LogP contribution in [0.25, 0.3) is 0 Å². The predicted molar refractivity (Wildman–Crippen MR) is 32.9 cm³/mol. The lowest BCUT2D eigenvalue weighted by Crippen LogP contribution is -2.04. The molecule has 0 heterocycles. The molecule has 0 aliphatic rings. The van der Waals surface area contributed by atoms with Crippen molar-refractivity contribution in [2.24, 2.45) is 0 Å². The number of carboxylic acids is 1. The summed E-state index contributed by atoms with van der Waals surface area (Å²) in [5.41, 5.74) is -0.604. The Labute approximate surface area is 53.4 Å². The molecule has 54 valence electrons. The lowest BCUT2D eigenvalue weighted by molar-refractivity contribution is -0.136. The van der Waals surface area contributed by atoms with Gasteiger partial charge in [-0.25, -0.2) is 0 Å². The van der Waals surface area contributed by atoms with Crippen LogP contribution in [-0.4, -0.2) is 21.6 Å². The van der Waals surface area contributed by atoms with Crippen molar-refractivity contribution in [3.63, 3.8) is 0 Å². The van der Waals surface area contributed by atoms with E-state index in [0.717, 1.165) is 0 Å². The zero-order chi connectivity index (χ0) is 7.44. The summed E-state index contributed by atoms with van der Waals surface area (Å²) in [6.45, 7) is 1.44. The van der Waals surface area contributed by atoms with Crippen LogP contribution in [0.2, 0.25) is 0 Å². The van der Waals surface area contributed by atoms with E-state index in [1.54, 1.807) is 0 Å². The van der Waals surface area contributed by atoms with E-state index in [-0.39, 0.29) is 6.42 Å². The van der Waals surface area contributed by atoms with Gasteiger partial charge in [-0.05, 0) is 0 Å². The van der Waals surface area contributed by atoms with Gasteiger partial charge in [0, 0.05) is 5.66 Å². The zero-order valence-corrected chi connectivity index (χ0v) is 6.00. The molecule has 0 aliphatic heterocycles. The maximum atomic E-state index is 10.2. The number of aliphatic carboxylic acids is 1. The molecule has 0 saturated carbocycles. The standard InChI is InChI=1S/C4H9O4P/c1-3(9(7)8)2-4(5)6/h3,9H,2H2,1H3,(H,5,6)(H,7,8). The molecule has 2 atom stereocenters. The highest BCUT2D eigenvalue weighted by Gasteiger charge is 2.11. The molecule has 4 nitrogen and oxygen atoms in total. The number of carboxylic acid groups (broad SMARTS) is 1. The highest BCUT2D eigenvalue weighted by molar-refractivity contribution is 7.38. The molecule has 0 aliphatic carbocycles. The summed E-state index contributed by atoms with van der Waals surface area (Å²) in [6, 6.07) is 0. The van der Waals surface area contributed by atoms with Crippen LogP contribution < -0.4 is 0 Å². The first-order valence-electron chi connectivity index (χ1n) is 2.48. The Morgan fingerprint density at radius 1 is 1.78 bits per heavy atom. The Balaban J connectivity index is 3.63. The van der Waals surface area contributed by atoms with Gasteiger partial charge in [0.05, 0.1) is 6.42 Å². The normalized spacial score (nSPS) is 16.7. The highest BCUT2D eigenvalue weighted by Crippen LogP contribution is 2.23. The van der Waals surface area contributed by atoms with Gasteiger partial charge < -0.3 is 10.00 Å². The molecule has 0 fully saturated rings. The Morgan fingerprint density at radius 3 is 2.33 bits per heavy atom. The quantitative estimate of drug-likeness (QED) is 0.571. The summed E-state index contributed by atoms with van der Waals surface area (Å²) < 4.78 is 10.2. The number of rotatable bonds is 3. The summed E-state index contributed by atoms with van der Waals surface area (Å²) in [5.74, 6) is -1.03. The van der Waals surface area contributed by atoms with E-state index in [1.165, 1.54) is 6.92 Å². The van der Waals surface area contributed by atoms with Gasteiger partial charge in [-0.2, -0.15) is 0 Å². The van der Waals surface area contributed by atoms with Crippen molar-refractivity contribution in [3.8, 4) is 0 Å². The first kappa shape index (κ1) is 8.66. The fourth-order valence-electron chi connectivity index (χ4n) is 0.349. The van der Waals surface area contributed by atoms with Crippen LogP contribution >= 0.6 is 8.03 Å². The van der Waals surface area contributed by atoms with E-state index < -0.39 is 19.7 Å². The lowest BCUT2D eigenvalue weighted by Gasteiger charge is -2.00. The molecule has 9 heavy (non-hydrogen) atoms. The second kappa shape index (κ2) is 3.64. The molecular formula is C4H9O4P. The Morgan fingerprint density at radius 2 is 2.22 bits per heavy atom. The Hall–Kier alpha value is -0.340. The molecule has 0 aromatic heterocycles. The van der Waals surface area contributed by atoms with Gasteiger partial charge in [-0.1, -0.05) is 6.92 Å². The van der Waals surface area contributed by atoms with E-state index in [2.05, 4.69) is 0 Å². The monoisotopic (exact) mass is 152 g/mol. The van der Waals surface area contributed by atoms with Crippen molar-refractivity contribution < 1.29 is 19.4 Å². The van der Waals surface area contributed by atoms with Crippen molar-refractivity contribution in [2.75, 3.05) is 0 Å². The van der Waals surface area contributed by atoms with Crippen molar-refractivity contribution in [1.82, 2.24) is 0 Å². The Kier molecular flexibility index (Phi) is 3.50. The number of hydrogen-bond acceptors (Lipinski definition) is 2. The molecule has 2 unspecified atom stereocenters. The van der Waals surface area contributed by atoms with Gasteiger partial charge in [0.2, 0.25) is 0 Å². The average molecular weight is 152 g/mol. The van der Waals surface area contributed by atoms with Crippen LogP contribution in [0.5, 0.6) is 0 Å². The second-order valence-corrected chi connectivity index (χ2v) is 3.50. The lowest BCUT2D eigenvalue weighted by atomic mass is 10.3. The molecule has 0 amide bonds. The van der Waals surface area contributed by atoms with Crippen LogP contribution in [0, 0.1) is 0 Å². The van der Waals surface area contributed by atoms with Crippen LogP contribution in [0.1, 0.15) is 13.3 Å². The zero-order valence-electron chi connectivity index (χ0n) is 5.00. The van der Waals surface area contributed by atoms with Gasteiger partial charge in [0.25, 0.3) is 0 Å². The van der Waals surface area contributed by atoms with Crippen molar-refractivity contribution >= 4 is 14.0 Å². The topological polar surface area (TPSA) is 74.6 Å².